The van der Waals surface area contributed by atoms with Gasteiger partial charge >= 0.3 is 0 Å². The topological polar surface area (TPSA) is 50.4 Å². The summed E-state index contributed by atoms with van der Waals surface area (Å²) in [6.45, 7) is 4.31. The maximum absolute atomic E-state index is 11.7. The maximum atomic E-state index is 11.7. The largest absolute Gasteiger partial charge is 0.385 e. The van der Waals surface area contributed by atoms with E-state index in [0.717, 1.165) is 35.3 Å². The molecule has 0 bridgehead atoms. The van der Waals surface area contributed by atoms with E-state index in [-0.39, 0.29) is 5.91 Å². The van der Waals surface area contributed by atoms with Crippen LogP contribution >= 0.6 is 15.9 Å². The third-order valence-electron chi connectivity index (χ3n) is 2.63. The van der Waals surface area contributed by atoms with E-state index in [1.54, 1.807) is 7.11 Å². The van der Waals surface area contributed by atoms with Crippen LogP contribution in [0.1, 0.15) is 18.4 Å². The third kappa shape index (κ3) is 6.71. The molecule has 4 nitrogen and oxygen atoms in total. The van der Waals surface area contributed by atoms with Crippen LogP contribution in [-0.2, 0) is 9.53 Å². The molecule has 0 heterocycles. The molecule has 0 spiro atoms. The van der Waals surface area contributed by atoms with E-state index in [1.165, 1.54) is 0 Å². The normalized spacial score (nSPS) is 10.5. The predicted octanol–water partition coefficient (Wildman–Crippen LogP) is 2.71. The number of nitrogens with one attached hydrogen (secondary N) is 2. The van der Waals surface area contributed by atoms with Gasteiger partial charge in [-0.2, -0.15) is 0 Å². The highest BCUT2D eigenvalue weighted by atomic mass is 79.9. The van der Waals surface area contributed by atoms with E-state index in [2.05, 4.69) is 26.6 Å². The van der Waals surface area contributed by atoms with Crippen LogP contribution in [0.4, 0.5) is 5.69 Å². The zero-order valence-electron chi connectivity index (χ0n) is 11.5. The number of ether oxygens (including phenoxy) is 1. The van der Waals surface area contributed by atoms with Gasteiger partial charge in [0.05, 0.1) is 5.69 Å². The third-order valence-corrected chi connectivity index (χ3v) is 3.29. The van der Waals surface area contributed by atoms with E-state index >= 15 is 0 Å². The van der Waals surface area contributed by atoms with Gasteiger partial charge in [0.1, 0.15) is 0 Å². The fourth-order valence-electron chi connectivity index (χ4n) is 1.60. The van der Waals surface area contributed by atoms with Crippen LogP contribution < -0.4 is 10.6 Å². The molecule has 0 aliphatic rings. The Balaban J connectivity index is 2.23. The van der Waals surface area contributed by atoms with Crippen LogP contribution in [0.15, 0.2) is 22.7 Å². The van der Waals surface area contributed by atoms with Crippen molar-refractivity contribution in [2.75, 3.05) is 32.1 Å². The van der Waals surface area contributed by atoms with E-state index in [4.69, 9.17) is 4.74 Å². The molecule has 0 saturated carbocycles. The average Bonchev–Trinajstić information content (AvgIpc) is 2.37. The van der Waals surface area contributed by atoms with Crippen LogP contribution in [0.3, 0.4) is 0 Å². The summed E-state index contributed by atoms with van der Waals surface area (Å²) >= 11 is 3.44. The number of aryl methyl sites for hydroxylation is 1. The molecule has 1 rings (SSSR count). The van der Waals surface area contributed by atoms with Gasteiger partial charge in [-0.05, 0) is 53.5 Å². The molecule has 1 aromatic rings. The number of amides is 1. The first-order valence-corrected chi connectivity index (χ1v) is 7.18. The average molecular weight is 329 g/mol. The molecule has 0 fully saturated rings. The minimum absolute atomic E-state index is 0.0174. The molecular weight excluding hydrogens is 308 g/mol. The van der Waals surface area contributed by atoms with Gasteiger partial charge in [0, 0.05) is 31.2 Å². The Morgan fingerprint density at radius 1 is 1.37 bits per heavy atom. The zero-order valence-corrected chi connectivity index (χ0v) is 13.0. The molecule has 0 radical (unpaired) electrons. The number of benzene rings is 1. The Kier molecular flexibility index (Phi) is 7.70. The second kappa shape index (κ2) is 9.07. The van der Waals surface area contributed by atoms with Gasteiger partial charge in [0.2, 0.25) is 5.91 Å². The van der Waals surface area contributed by atoms with Crippen molar-refractivity contribution in [3.63, 3.8) is 0 Å². The molecule has 0 atom stereocenters. The van der Waals surface area contributed by atoms with Crippen molar-refractivity contribution in [3.05, 3.63) is 28.2 Å². The van der Waals surface area contributed by atoms with Crippen molar-refractivity contribution in [3.8, 4) is 0 Å². The van der Waals surface area contributed by atoms with E-state index in [9.17, 15) is 4.79 Å². The minimum Gasteiger partial charge on any atom is -0.385 e. The molecule has 1 amide bonds. The summed E-state index contributed by atoms with van der Waals surface area (Å²) in [7, 11) is 1.69. The van der Waals surface area contributed by atoms with Crippen LogP contribution in [0.5, 0.6) is 0 Å². The second-order valence-electron chi connectivity index (χ2n) is 4.38. The summed E-state index contributed by atoms with van der Waals surface area (Å²) < 4.78 is 5.86. The molecule has 19 heavy (non-hydrogen) atoms. The van der Waals surface area contributed by atoms with E-state index in [0.29, 0.717) is 13.0 Å². The number of anilines is 1. The zero-order chi connectivity index (χ0) is 14.1. The monoisotopic (exact) mass is 328 g/mol. The lowest BCUT2D eigenvalue weighted by Crippen LogP contribution is -2.23. The fraction of sp³-hybridized carbons (Fsp3) is 0.500. The Hall–Kier alpha value is -0.910. The minimum atomic E-state index is 0.0174. The van der Waals surface area contributed by atoms with Gasteiger partial charge < -0.3 is 15.4 Å². The lowest BCUT2D eigenvalue weighted by atomic mass is 10.2. The summed E-state index contributed by atoms with van der Waals surface area (Å²) in [5, 5.41) is 6.10. The van der Waals surface area contributed by atoms with Gasteiger partial charge in [0.15, 0.2) is 0 Å². The Morgan fingerprint density at radius 2 is 2.16 bits per heavy atom. The Labute approximate surface area is 123 Å². The van der Waals surface area contributed by atoms with Crippen molar-refractivity contribution in [1.82, 2.24) is 5.32 Å². The van der Waals surface area contributed by atoms with Crippen molar-refractivity contribution >= 4 is 27.5 Å². The summed E-state index contributed by atoms with van der Waals surface area (Å²) in [6.07, 6.45) is 1.43. The predicted molar refractivity (Wildman–Crippen MR) is 81.5 cm³/mol. The molecule has 1 aromatic carbocycles. The number of hydrogen-bond donors (Lipinski definition) is 2. The molecule has 5 heteroatoms. The smallest absolute Gasteiger partial charge is 0.225 e. The van der Waals surface area contributed by atoms with Crippen molar-refractivity contribution in [1.29, 1.82) is 0 Å². The Morgan fingerprint density at radius 3 is 2.84 bits per heavy atom. The SMILES string of the molecule is COCCCNCCC(=O)Nc1ccc(C)cc1Br. The first-order chi connectivity index (χ1) is 9.13. The lowest BCUT2D eigenvalue weighted by Gasteiger charge is -2.08. The second-order valence-corrected chi connectivity index (χ2v) is 5.23. The molecule has 0 saturated heterocycles. The Bertz CT molecular complexity index is 410. The highest BCUT2D eigenvalue weighted by Crippen LogP contribution is 2.23. The number of methoxy groups -OCH3 is 1. The number of carbonyl (C=O) groups is 1. The maximum Gasteiger partial charge on any atom is 0.225 e. The first kappa shape index (κ1) is 16.1. The van der Waals surface area contributed by atoms with Gasteiger partial charge in [-0.25, -0.2) is 0 Å². The van der Waals surface area contributed by atoms with Crippen molar-refractivity contribution < 1.29 is 9.53 Å². The first-order valence-electron chi connectivity index (χ1n) is 6.39. The van der Waals surface area contributed by atoms with E-state index in [1.807, 2.05) is 25.1 Å². The number of rotatable bonds is 8. The number of halogens is 1. The summed E-state index contributed by atoms with van der Waals surface area (Å²) in [6, 6.07) is 5.87. The summed E-state index contributed by atoms with van der Waals surface area (Å²) in [4.78, 5) is 11.7. The fourth-order valence-corrected chi connectivity index (χ4v) is 2.20. The van der Waals surface area contributed by atoms with Gasteiger partial charge in [-0.3, -0.25) is 4.79 Å². The summed E-state index contributed by atoms with van der Waals surface area (Å²) in [5.74, 6) is 0.0174. The highest BCUT2D eigenvalue weighted by Gasteiger charge is 2.05. The standard InChI is InChI=1S/C14H21BrN2O2/c1-11-4-5-13(12(15)10-11)17-14(18)6-8-16-7-3-9-19-2/h4-5,10,16H,3,6-9H2,1-2H3,(H,17,18). The van der Waals surface area contributed by atoms with Gasteiger partial charge in [-0.15, -0.1) is 0 Å². The van der Waals surface area contributed by atoms with Crippen LogP contribution in [0.2, 0.25) is 0 Å². The summed E-state index contributed by atoms with van der Waals surface area (Å²) in [5.41, 5.74) is 1.97. The molecule has 0 aromatic heterocycles. The number of hydrogen-bond acceptors (Lipinski definition) is 3. The van der Waals surface area contributed by atoms with Crippen LogP contribution in [-0.4, -0.2) is 32.7 Å². The highest BCUT2D eigenvalue weighted by molar-refractivity contribution is 9.10. The van der Waals surface area contributed by atoms with Crippen molar-refractivity contribution in [2.45, 2.75) is 19.8 Å². The van der Waals surface area contributed by atoms with Gasteiger partial charge in [-0.1, -0.05) is 6.07 Å². The number of carbonyl (C=O) groups excluding carboxylic acids is 1. The molecule has 0 aliphatic heterocycles. The van der Waals surface area contributed by atoms with Gasteiger partial charge in [0.25, 0.3) is 0 Å². The van der Waals surface area contributed by atoms with E-state index < -0.39 is 0 Å². The molecular formula is C14H21BrN2O2. The van der Waals surface area contributed by atoms with Crippen molar-refractivity contribution in [2.24, 2.45) is 0 Å². The van der Waals surface area contributed by atoms with Crippen LogP contribution in [0, 0.1) is 6.92 Å². The molecule has 106 valence electrons. The molecule has 2 N–H and O–H groups in total. The lowest BCUT2D eigenvalue weighted by molar-refractivity contribution is -0.116. The quantitative estimate of drug-likeness (QED) is 0.721. The molecule has 0 unspecified atom stereocenters. The molecule has 0 aliphatic carbocycles. The van der Waals surface area contributed by atoms with Crippen LogP contribution in [0.25, 0.3) is 0 Å².